The van der Waals surface area contributed by atoms with Gasteiger partial charge in [0.25, 0.3) is 0 Å². The van der Waals surface area contributed by atoms with E-state index in [1.165, 1.54) is 30.2 Å². The van der Waals surface area contributed by atoms with Crippen LogP contribution >= 0.6 is 0 Å². The van der Waals surface area contributed by atoms with E-state index in [0.717, 1.165) is 12.1 Å². The minimum Gasteiger partial charge on any atom is -0.496 e. The van der Waals surface area contributed by atoms with Crippen LogP contribution in [0, 0.1) is 6.92 Å². The Morgan fingerprint density at radius 1 is 0.745 bits per heavy atom. The van der Waals surface area contributed by atoms with Crippen molar-refractivity contribution in [2.45, 2.75) is 62.7 Å². The summed E-state index contributed by atoms with van der Waals surface area (Å²) in [6.07, 6.45) is -15.2. The predicted molar refractivity (Wildman–Crippen MR) is 167 cm³/mol. The van der Waals surface area contributed by atoms with Gasteiger partial charge in [0.15, 0.2) is 0 Å². The van der Waals surface area contributed by atoms with Gasteiger partial charge in [-0.3, -0.25) is 4.79 Å². The summed E-state index contributed by atoms with van der Waals surface area (Å²) in [6.45, 7) is 1.70. The number of fused-ring (bicyclic) bond motifs is 1. The molecule has 2 aliphatic rings. The van der Waals surface area contributed by atoms with Crippen LogP contribution in [-0.4, -0.2) is 35.0 Å². The van der Waals surface area contributed by atoms with Crippen molar-refractivity contribution in [2.75, 3.05) is 7.11 Å². The van der Waals surface area contributed by atoms with Crippen molar-refractivity contribution in [3.05, 3.63) is 112 Å². The normalized spacial score (nSPS) is 19.4. The minimum absolute atomic E-state index is 0.00785. The number of hydrogen-bond donors (Lipinski definition) is 1. The van der Waals surface area contributed by atoms with Crippen molar-refractivity contribution >= 4 is 11.9 Å². The number of rotatable bonds is 6. The SMILES string of the molecule is COc1ccc(-c2ccc(C(=O)O)cc2C)cc1-c1ccc(C(F)(F)F)cc1C1CC[C@H]2[C@@H](c3cc(C(F)(F)F)cc(C(F)(F)F)c3)CC(=O)N12. The first-order valence-corrected chi connectivity index (χ1v) is 15.6. The molecule has 0 bridgehead atoms. The van der Waals surface area contributed by atoms with Gasteiger partial charge in [-0.25, -0.2) is 4.79 Å². The number of carbonyl (C=O) groups is 2. The first-order chi connectivity index (χ1) is 23.8. The van der Waals surface area contributed by atoms with Crippen molar-refractivity contribution in [1.29, 1.82) is 0 Å². The van der Waals surface area contributed by atoms with Crippen LogP contribution in [0.3, 0.4) is 0 Å². The van der Waals surface area contributed by atoms with Crippen LogP contribution in [0.1, 0.15) is 75.0 Å². The molecule has 0 spiro atoms. The Hall–Kier alpha value is -5.01. The fourth-order valence-electron chi connectivity index (χ4n) is 7.33. The van der Waals surface area contributed by atoms with Gasteiger partial charge in [0, 0.05) is 23.9 Å². The molecular weight excluding hydrogens is 693 g/mol. The number of methoxy groups -OCH3 is 1. The molecule has 2 fully saturated rings. The molecule has 51 heavy (non-hydrogen) atoms. The third kappa shape index (κ3) is 6.75. The Morgan fingerprint density at radius 3 is 1.94 bits per heavy atom. The zero-order chi connectivity index (χ0) is 37.2. The average Bonchev–Trinajstić information content (AvgIpc) is 3.63. The number of hydrogen-bond acceptors (Lipinski definition) is 3. The molecule has 268 valence electrons. The van der Waals surface area contributed by atoms with E-state index in [1.807, 2.05) is 0 Å². The Balaban J connectivity index is 1.46. The molecule has 14 heteroatoms. The second-order valence-corrected chi connectivity index (χ2v) is 12.7. The summed E-state index contributed by atoms with van der Waals surface area (Å²) in [5, 5.41) is 9.38. The number of alkyl halides is 9. The number of aromatic carboxylic acids is 1. The van der Waals surface area contributed by atoms with Gasteiger partial charge in [-0.15, -0.1) is 0 Å². The molecule has 3 atom stereocenters. The van der Waals surface area contributed by atoms with Crippen LogP contribution in [0.15, 0.2) is 72.8 Å². The molecule has 0 aromatic heterocycles. The van der Waals surface area contributed by atoms with Gasteiger partial charge in [0.05, 0.1) is 35.4 Å². The molecule has 1 unspecified atom stereocenters. The Morgan fingerprint density at radius 2 is 1.37 bits per heavy atom. The standard InChI is InChI=1S/C37H28F9NO4/c1-18-11-20(34(49)50)3-6-25(18)19-4-10-32(51-2)29(14-19)26-7-5-22(35(38,39)40)16-28(26)31-9-8-30-27(17-33(48)47(30)31)21-12-23(36(41,42)43)15-24(13-21)37(44,45)46/h3-7,10-16,27,30-31H,8-9,17H2,1-2H3,(H,49,50)/t27-,30+,31?/m1/s1. The number of benzene rings is 4. The van der Waals surface area contributed by atoms with Gasteiger partial charge in [0.1, 0.15) is 5.75 Å². The summed E-state index contributed by atoms with van der Waals surface area (Å²) >= 11 is 0. The topological polar surface area (TPSA) is 66.8 Å². The number of carboxylic acids is 1. The minimum atomic E-state index is -5.10. The maximum absolute atomic E-state index is 14.1. The maximum Gasteiger partial charge on any atom is 0.416 e. The van der Waals surface area contributed by atoms with Gasteiger partial charge < -0.3 is 14.7 Å². The lowest BCUT2D eigenvalue weighted by atomic mass is 9.87. The van der Waals surface area contributed by atoms with Gasteiger partial charge in [-0.1, -0.05) is 18.2 Å². The number of amides is 1. The van der Waals surface area contributed by atoms with Crippen LogP contribution in [0.2, 0.25) is 0 Å². The highest BCUT2D eigenvalue weighted by Gasteiger charge is 2.50. The molecule has 2 aliphatic heterocycles. The molecule has 0 aliphatic carbocycles. The van der Waals surface area contributed by atoms with E-state index < -0.39 is 71.5 Å². The van der Waals surface area contributed by atoms with Crippen molar-refractivity contribution in [3.63, 3.8) is 0 Å². The van der Waals surface area contributed by atoms with E-state index in [4.69, 9.17) is 4.74 Å². The fourth-order valence-corrected chi connectivity index (χ4v) is 7.33. The van der Waals surface area contributed by atoms with Crippen LogP contribution in [0.25, 0.3) is 22.3 Å². The van der Waals surface area contributed by atoms with Crippen molar-refractivity contribution in [2.24, 2.45) is 0 Å². The van der Waals surface area contributed by atoms with Crippen LogP contribution in [0.5, 0.6) is 5.75 Å². The number of carbonyl (C=O) groups excluding carboxylic acids is 1. The average molecular weight is 722 g/mol. The van der Waals surface area contributed by atoms with E-state index in [0.29, 0.717) is 34.4 Å². The van der Waals surface area contributed by atoms with Crippen LogP contribution in [-0.2, 0) is 23.3 Å². The van der Waals surface area contributed by atoms with E-state index in [2.05, 4.69) is 0 Å². The van der Waals surface area contributed by atoms with Crippen LogP contribution in [0.4, 0.5) is 39.5 Å². The lowest BCUT2D eigenvalue weighted by Gasteiger charge is -2.29. The number of nitrogens with zero attached hydrogens (tertiary/aromatic N) is 1. The molecule has 5 nitrogen and oxygen atoms in total. The van der Waals surface area contributed by atoms with Crippen molar-refractivity contribution in [3.8, 4) is 28.0 Å². The first-order valence-electron chi connectivity index (χ1n) is 15.6. The number of ether oxygens (including phenoxy) is 1. The molecule has 0 saturated carbocycles. The zero-order valence-electron chi connectivity index (χ0n) is 26.8. The van der Waals surface area contributed by atoms with Crippen LogP contribution < -0.4 is 4.74 Å². The zero-order valence-corrected chi connectivity index (χ0v) is 26.8. The third-order valence-electron chi connectivity index (χ3n) is 9.63. The molecule has 1 amide bonds. The van der Waals surface area contributed by atoms with Crippen molar-refractivity contribution in [1.82, 2.24) is 4.90 Å². The highest BCUT2D eigenvalue weighted by atomic mass is 19.4. The molecule has 4 aromatic carbocycles. The van der Waals surface area contributed by atoms with Gasteiger partial charge >= 0.3 is 24.5 Å². The molecule has 2 saturated heterocycles. The smallest absolute Gasteiger partial charge is 0.416 e. The summed E-state index contributed by atoms with van der Waals surface area (Å²) in [5.74, 6) is -2.55. The number of halogens is 9. The lowest BCUT2D eigenvalue weighted by molar-refractivity contribution is -0.143. The summed E-state index contributed by atoms with van der Waals surface area (Å²) in [5.41, 5.74) is -1.82. The summed E-state index contributed by atoms with van der Waals surface area (Å²) in [4.78, 5) is 26.4. The van der Waals surface area contributed by atoms with E-state index >= 15 is 0 Å². The molecular formula is C37H28F9NO4. The molecule has 6 rings (SSSR count). The van der Waals surface area contributed by atoms with E-state index in [1.54, 1.807) is 31.2 Å². The van der Waals surface area contributed by atoms with Gasteiger partial charge in [-0.05, 0) is 108 Å². The quantitative estimate of drug-likeness (QED) is 0.201. The predicted octanol–water partition coefficient (Wildman–Crippen LogP) is 10.3. The molecule has 4 aromatic rings. The first kappa shape index (κ1) is 35.8. The fraction of sp³-hybridized carbons (Fsp3) is 0.297. The molecule has 2 heterocycles. The summed E-state index contributed by atoms with van der Waals surface area (Å²) in [6, 6.07) is 11.8. The molecule has 1 N–H and O–H groups in total. The van der Waals surface area contributed by atoms with Gasteiger partial charge in [-0.2, -0.15) is 39.5 Å². The Labute approximate surface area is 285 Å². The number of carboxylic acid groups (broad SMARTS) is 1. The summed E-state index contributed by atoms with van der Waals surface area (Å²) in [7, 11) is 1.36. The number of aryl methyl sites for hydroxylation is 1. The molecule has 0 radical (unpaired) electrons. The van der Waals surface area contributed by atoms with Crippen molar-refractivity contribution < 1.29 is 58.9 Å². The highest BCUT2D eigenvalue weighted by Crippen LogP contribution is 2.52. The monoisotopic (exact) mass is 721 g/mol. The highest BCUT2D eigenvalue weighted by molar-refractivity contribution is 5.89. The summed E-state index contributed by atoms with van der Waals surface area (Å²) < 4.78 is 130. The van der Waals surface area contributed by atoms with E-state index in [-0.39, 0.29) is 46.9 Å². The lowest BCUT2D eigenvalue weighted by Crippen LogP contribution is -2.31. The second kappa shape index (κ2) is 12.6. The van der Waals surface area contributed by atoms with Gasteiger partial charge in [0.2, 0.25) is 5.91 Å². The maximum atomic E-state index is 14.1. The van der Waals surface area contributed by atoms with E-state index in [9.17, 15) is 54.2 Å². The Bertz CT molecular complexity index is 2000. The third-order valence-corrected chi connectivity index (χ3v) is 9.63. The second-order valence-electron chi connectivity index (χ2n) is 12.7. The Kier molecular flexibility index (Phi) is 8.87. The largest absolute Gasteiger partial charge is 0.496 e.